The SMILES string of the molecule is O=C(c1cc(Br)cc2ccccc12)N1CC(O)C1. The number of carbonyl (C=O) groups excluding carboxylic acids is 1. The van der Waals surface area contributed by atoms with Gasteiger partial charge in [0.15, 0.2) is 0 Å². The molecule has 1 fully saturated rings. The minimum Gasteiger partial charge on any atom is -0.389 e. The van der Waals surface area contributed by atoms with Gasteiger partial charge in [-0.25, -0.2) is 0 Å². The van der Waals surface area contributed by atoms with E-state index in [1.54, 1.807) is 4.90 Å². The molecule has 0 unspecified atom stereocenters. The summed E-state index contributed by atoms with van der Waals surface area (Å²) >= 11 is 3.43. The van der Waals surface area contributed by atoms with E-state index in [1.165, 1.54) is 0 Å². The van der Waals surface area contributed by atoms with Gasteiger partial charge < -0.3 is 10.0 Å². The summed E-state index contributed by atoms with van der Waals surface area (Å²) in [5.74, 6) is -0.0159. The number of hydrogen-bond donors (Lipinski definition) is 1. The minimum absolute atomic E-state index is 0.0159. The fourth-order valence-corrected chi connectivity index (χ4v) is 2.72. The first-order chi connectivity index (χ1) is 8.65. The number of halogens is 1. The molecule has 0 spiro atoms. The number of aliphatic hydroxyl groups is 1. The van der Waals surface area contributed by atoms with Crippen LogP contribution < -0.4 is 0 Å². The molecule has 1 N–H and O–H groups in total. The molecule has 1 amide bonds. The van der Waals surface area contributed by atoms with Crippen molar-refractivity contribution in [2.24, 2.45) is 0 Å². The van der Waals surface area contributed by atoms with Gasteiger partial charge in [0, 0.05) is 23.1 Å². The highest BCUT2D eigenvalue weighted by molar-refractivity contribution is 9.10. The van der Waals surface area contributed by atoms with Gasteiger partial charge in [0.1, 0.15) is 0 Å². The van der Waals surface area contributed by atoms with E-state index in [1.807, 2.05) is 36.4 Å². The van der Waals surface area contributed by atoms with Crippen LogP contribution in [0.2, 0.25) is 0 Å². The summed E-state index contributed by atoms with van der Waals surface area (Å²) in [5.41, 5.74) is 0.687. The Kier molecular flexibility index (Phi) is 2.84. The number of rotatable bonds is 1. The molecule has 1 aliphatic rings. The number of benzene rings is 2. The maximum absolute atomic E-state index is 12.3. The normalized spacial score (nSPS) is 15.8. The van der Waals surface area contributed by atoms with Crippen molar-refractivity contribution in [1.29, 1.82) is 0 Å². The van der Waals surface area contributed by atoms with Crippen molar-refractivity contribution in [3.63, 3.8) is 0 Å². The Balaban J connectivity index is 2.08. The van der Waals surface area contributed by atoms with Crippen LogP contribution in [0.5, 0.6) is 0 Å². The lowest BCUT2D eigenvalue weighted by Gasteiger charge is -2.36. The van der Waals surface area contributed by atoms with E-state index in [9.17, 15) is 9.90 Å². The number of nitrogens with zero attached hydrogens (tertiary/aromatic N) is 1. The molecule has 2 aromatic carbocycles. The highest BCUT2D eigenvalue weighted by Crippen LogP contribution is 2.26. The van der Waals surface area contributed by atoms with Gasteiger partial charge >= 0.3 is 0 Å². The highest BCUT2D eigenvalue weighted by atomic mass is 79.9. The van der Waals surface area contributed by atoms with E-state index < -0.39 is 0 Å². The van der Waals surface area contributed by atoms with E-state index in [0.717, 1.165) is 15.2 Å². The third-order valence-corrected chi connectivity index (χ3v) is 3.66. The van der Waals surface area contributed by atoms with Gasteiger partial charge in [0.2, 0.25) is 0 Å². The first kappa shape index (κ1) is 11.7. The molecule has 0 bridgehead atoms. The number of hydrogen-bond acceptors (Lipinski definition) is 2. The fourth-order valence-electron chi connectivity index (χ4n) is 2.24. The van der Waals surface area contributed by atoms with E-state index >= 15 is 0 Å². The van der Waals surface area contributed by atoms with Crippen LogP contribution in [0, 0.1) is 0 Å². The number of likely N-dealkylation sites (tertiary alicyclic amines) is 1. The van der Waals surface area contributed by atoms with Gasteiger partial charge in [0.05, 0.1) is 6.10 Å². The highest BCUT2D eigenvalue weighted by Gasteiger charge is 2.30. The maximum atomic E-state index is 12.3. The molecule has 92 valence electrons. The molecule has 1 aliphatic heterocycles. The topological polar surface area (TPSA) is 40.5 Å². The van der Waals surface area contributed by atoms with Gasteiger partial charge in [-0.15, -0.1) is 0 Å². The standard InChI is InChI=1S/C14H12BrNO2/c15-10-5-9-3-1-2-4-12(9)13(6-10)14(18)16-7-11(17)8-16/h1-6,11,17H,7-8H2. The van der Waals surface area contributed by atoms with Crippen molar-refractivity contribution in [3.8, 4) is 0 Å². The predicted molar refractivity (Wildman–Crippen MR) is 73.6 cm³/mol. The van der Waals surface area contributed by atoms with Crippen LogP contribution in [0.1, 0.15) is 10.4 Å². The predicted octanol–water partition coefficient (Wildman–Crippen LogP) is 2.42. The average Bonchev–Trinajstić information content (AvgIpc) is 2.33. The molecule has 0 radical (unpaired) electrons. The Morgan fingerprint density at radius 3 is 2.72 bits per heavy atom. The molecule has 18 heavy (non-hydrogen) atoms. The molecule has 1 heterocycles. The number of carbonyl (C=O) groups is 1. The van der Waals surface area contributed by atoms with Crippen molar-refractivity contribution in [1.82, 2.24) is 4.90 Å². The third kappa shape index (κ3) is 1.91. The second-order valence-electron chi connectivity index (χ2n) is 4.54. The lowest BCUT2D eigenvalue weighted by atomic mass is 10.0. The van der Waals surface area contributed by atoms with Gasteiger partial charge in [-0.05, 0) is 22.9 Å². The first-order valence-corrected chi connectivity index (χ1v) is 6.60. The molecule has 0 atom stereocenters. The van der Waals surface area contributed by atoms with Crippen molar-refractivity contribution in [2.45, 2.75) is 6.10 Å². The van der Waals surface area contributed by atoms with Crippen LogP contribution in [0.3, 0.4) is 0 Å². The van der Waals surface area contributed by atoms with Gasteiger partial charge in [-0.2, -0.15) is 0 Å². The maximum Gasteiger partial charge on any atom is 0.254 e. The van der Waals surface area contributed by atoms with Crippen LogP contribution in [0.15, 0.2) is 40.9 Å². The lowest BCUT2D eigenvalue weighted by Crippen LogP contribution is -2.53. The Hall–Kier alpha value is -1.39. The van der Waals surface area contributed by atoms with Crippen LogP contribution in [0.25, 0.3) is 10.8 Å². The smallest absolute Gasteiger partial charge is 0.254 e. The van der Waals surface area contributed by atoms with E-state index in [-0.39, 0.29) is 12.0 Å². The van der Waals surface area contributed by atoms with E-state index in [2.05, 4.69) is 15.9 Å². The van der Waals surface area contributed by atoms with Crippen LogP contribution in [-0.2, 0) is 0 Å². The van der Waals surface area contributed by atoms with Crippen molar-refractivity contribution < 1.29 is 9.90 Å². The van der Waals surface area contributed by atoms with E-state index in [4.69, 9.17) is 0 Å². The number of amides is 1. The third-order valence-electron chi connectivity index (χ3n) is 3.21. The Bertz CT molecular complexity index is 620. The Morgan fingerprint density at radius 2 is 2.00 bits per heavy atom. The van der Waals surface area contributed by atoms with Crippen LogP contribution in [0.4, 0.5) is 0 Å². The zero-order chi connectivity index (χ0) is 12.7. The second-order valence-corrected chi connectivity index (χ2v) is 5.45. The summed E-state index contributed by atoms with van der Waals surface area (Å²) < 4.78 is 0.894. The summed E-state index contributed by atoms with van der Waals surface area (Å²) in [5, 5.41) is 11.3. The fraction of sp³-hybridized carbons (Fsp3) is 0.214. The largest absolute Gasteiger partial charge is 0.389 e. The molecule has 2 aromatic rings. The molecular formula is C14H12BrNO2. The quantitative estimate of drug-likeness (QED) is 0.879. The van der Waals surface area contributed by atoms with Gasteiger partial charge in [-0.1, -0.05) is 40.2 Å². The molecule has 1 saturated heterocycles. The molecule has 4 heteroatoms. The molecule has 3 rings (SSSR count). The Labute approximate surface area is 113 Å². The van der Waals surface area contributed by atoms with Gasteiger partial charge in [0.25, 0.3) is 5.91 Å². The lowest BCUT2D eigenvalue weighted by molar-refractivity contribution is 0.00602. The summed E-state index contributed by atoms with van der Waals surface area (Å²) in [6, 6.07) is 11.7. The summed E-state index contributed by atoms with van der Waals surface area (Å²) in [6.45, 7) is 0.860. The molecule has 0 saturated carbocycles. The molecular weight excluding hydrogens is 294 g/mol. The zero-order valence-electron chi connectivity index (χ0n) is 9.64. The Morgan fingerprint density at radius 1 is 1.28 bits per heavy atom. The summed E-state index contributed by atoms with van der Waals surface area (Å²) in [4.78, 5) is 14.0. The monoisotopic (exact) mass is 305 g/mol. The molecule has 0 aliphatic carbocycles. The van der Waals surface area contributed by atoms with Crippen LogP contribution in [-0.4, -0.2) is 35.1 Å². The zero-order valence-corrected chi connectivity index (χ0v) is 11.2. The van der Waals surface area contributed by atoms with Gasteiger partial charge in [-0.3, -0.25) is 4.79 Å². The number of β-amino-alcohol motifs (C(OH)–C–C–N with tert-alkyl or cyclic N) is 1. The minimum atomic E-state index is -0.368. The molecule has 3 nitrogen and oxygen atoms in total. The second kappa shape index (κ2) is 4.37. The summed E-state index contributed by atoms with van der Waals surface area (Å²) in [7, 11) is 0. The number of fused-ring (bicyclic) bond motifs is 1. The van der Waals surface area contributed by atoms with Crippen LogP contribution >= 0.6 is 15.9 Å². The average molecular weight is 306 g/mol. The number of aliphatic hydroxyl groups excluding tert-OH is 1. The van der Waals surface area contributed by atoms with Crippen molar-refractivity contribution >= 4 is 32.6 Å². The van der Waals surface area contributed by atoms with Crippen molar-refractivity contribution in [3.05, 3.63) is 46.4 Å². The van der Waals surface area contributed by atoms with Crippen molar-refractivity contribution in [2.75, 3.05) is 13.1 Å². The summed E-state index contributed by atoms with van der Waals surface area (Å²) in [6.07, 6.45) is -0.368. The first-order valence-electron chi connectivity index (χ1n) is 5.81. The van der Waals surface area contributed by atoms with E-state index in [0.29, 0.717) is 18.7 Å². The molecule has 0 aromatic heterocycles.